The van der Waals surface area contributed by atoms with Crippen LogP contribution in [0.1, 0.15) is 15.9 Å². The molecule has 0 saturated heterocycles. The molecular formula is C14H10BrFINO. The van der Waals surface area contributed by atoms with Gasteiger partial charge in [-0.2, -0.15) is 0 Å². The summed E-state index contributed by atoms with van der Waals surface area (Å²) >= 11 is 5.36. The van der Waals surface area contributed by atoms with Gasteiger partial charge in [-0.15, -0.1) is 0 Å². The van der Waals surface area contributed by atoms with E-state index in [1.54, 1.807) is 6.07 Å². The Morgan fingerprint density at radius 3 is 2.63 bits per heavy atom. The average Bonchev–Trinajstić information content (AvgIpc) is 2.32. The monoisotopic (exact) mass is 433 g/mol. The topological polar surface area (TPSA) is 29.1 Å². The quantitative estimate of drug-likeness (QED) is 0.680. The first-order valence-corrected chi connectivity index (χ1v) is 7.37. The molecule has 0 aliphatic heterocycles. The summed E-state index contributed by atoms with van der Waals surface area (Å²) in [6.07, 6.45) is 0. The molecule has 1 amide bonds. The van der Waals surface area contributed by atoms with E-state index in [1.165, 1.54) is 12.1 Å². The van der Waals surface area contributed by atoms with Gasteiger partial charge in [-0.05, 0) is 71.5 Å². The summed E-state index contributed by atoms with van der Waals surface area (Å²) in [5, 5.41) is 2.72. The van der Waals surface area contributed by atoms with Crippen molar-refractivity contribution < 1.29 is 9.18 Å². The predicted octanol–water partition coefficient (Wildman–Crippen LogP) is 4.75. The molecule has 2 aromatic carbocycles. The molecule has 0 heterocycles. The molecule has 98 valence electrons. The van der Waals surface area contributed by atoms with Crippen molar-refractivity contribution in [1.82, 2.24) is 0 Å². The van der Waals surface area contributed by atoms with Crippen LogP contribution in [0.2, 0.25) is 0 Å². The van der Waals surface area contributed by atoms with Gasteiger partial charge in [-0.25, -0.2) is 4.39 Å². The van der Waals surface area contributed by atoms with E-state index in [-0.39, 0.29) is 5.56 Å². The van der Waals surface area contributed by atoms with Crippen molar-refractivity contribution in [3.05, 3.63) is 61.4 Å². The Bertz CT molecular complexity index is 645. The van der Waals surface area contributed by atoms with Gasteiger partial charge in [-0.1, -0.05) is 15.9 Å². The number of carbonyl (C=O) groups excluding carboxylic acids is 1. The highest BCUT2D eigenvalue weighted by molar-refractivity contribution is 14.1. The maximum atomic E-state index is 13.7. The first-order chi connectivity index (χ1) is 8.97. The number of hydrogen-bond acceptors (Lipinski definition) is 1. The minimum absolute atomic E-state index is 0.0288. The summed E-state index contributed by atoms with van der Waals surface area (Å²) in [7, 11) is 0. The second kappa shape index (κ2) is 6.00. The van der Waals surface area contributed by atoms with Crippen LogP contribution in [0.5, 0.6) is 0 Å². The Kier molecular flexibility index (Phi) is 4.57. The van der Waals surface area contributed by atoms with Gasteiger partial charge in [0.25, 0.3) is 5.91 Å². The molecule has 0 radical (unpaired) electrons. The zero-order valence-corrected chi connectivity index (χ0v) is 13.7. The summed E-state index contributed by atoms with van der Waals surface area (Å²) in [6.45, 7) is 1.90. The molecule has 2 rings (SSSR count). The minimum atomic E-state index is -0.546. The summed E-state index contributed by atoms with van der Waals surface area (Å²) in [5.74, 6) is -0.996. The maximum Gasteiger partial charge on any atom is 0.258 e. The average molecular weight is 434 g/mol. The van der Waals surface area contributed by atoms with Crippen molar-refractivity contribution in [2.75, 3.05) is 5.32 Å². The first-order valence-electron chi connectivity index (χ1n) is 5.50. The van der Waals surface area contributed by atoms with Crippen molar-refractivity contribution in [1.29, 1.82) is 0 Å². The number of hydrogen-bond donors (Lipinski definition) is 1. The number of amides is 1. The lowest BCUT2D eigenvalue weighted by molar-refractivity contribution is 0.102. The zero-order valence-electron chi connectivity index (χ0n) is 10.0. The van der Waals surface area contributed by atoms with Gasteiger partial charge in [0.15, 0.2) is 0 Å². The van der Waals surface area contributed by atoms with Crippen LogP contribution in [0, 0.1) is 16.3 Å². The van der Waals surface area contributed by atoms with Gasteiger partial charge < -0.3 is 5.32 Å². The number of anilines is 1. The molecule has 0 aromatic heterocycles. The molecule has 0 aliphatic carbocycles. The van der Waals surface area contributed by atoms with Crippen LogP contribution in [0.15, 0.2) is 40.9 Å². The van der Waals surface area contributed by atoms with E-state index in [4.69, 9.17) is 0 Å². The van der Waals surface area contributed by atoms with Crippen molar-refractivity contribution in [3.8, 4) is 0 Å². The van der Waals surface area contributed by atoms with Crippen LogP contribution < -0.4 is 5.32 Å². The Morgan fingerprint density at radius 2 is 2.00 bits per heavy atom. The van der Waals surface area contributed by atoms with Gasteiger partial charge in [-0.3, -0.25) is 4.79 Å². The smallest absolute Gasteiger partial charge is 0.258 e. The molecule has 19 heavy (non-hydrogen) atoms. The number of benzene rings is 2. The molecule has 5 heteroatoms. The molecule has 0 saturated carbocycles. The standard InChI is InChI=1S/C14H10BrFINO/c1-8-6-10(17)3-5-13(8)18-14(19)11-4-2-9(15)7-12(11)16/h2-7H,1H3,(H,18,19). The SMILES string of the molecule is Cc1cc(I)ccc1NC(=O)c1ccc(Br)cc1F. The Balaban J connectivity index is 2.25. The summed E-state index contributed by atoms with van der Waals surface area (Å²) in [6, 6.07) is 10.0. The lowest BCUT2D eigenvalue weighted by Gasteiger charge is -2.09. The molecule has 0 atom stereocenters. The third-order valence-electron chi connectivity index (χ3n) is 2.61. The lowest BCUT2D eigenvalue weighted by atomic mass is 10.1. The van der Waals surface area contributed by atoms with Crippen LogP contribution in [0.25, 0.3) is 0 Å². The second-order valence-electron chi connectivity index (χ2n) is 4.04. The highest BCUT2D eigenvalue weighted by Gasteiger charge is 2.13. The number of carbonyl (C=O) groups is 1. The highest BCUT2D eigenvalue weighted by Crippen LogP contribution is 2.20. The van der Waals surface area contributed by atoms with E-state index in [0.29, 0.717) is 10.2 Å². The second-order valence-corrected chi connectivity index (χ2v) is 6.20. The largest absolute Gasteiger partial charge is 0.322 e. The van der Waals surface area contributed by atoms with Crippen LogP contribution in [-0.2, 0) is 0 Å². The number of nitrogens with one attached hydrogen (secondary N) is 1. The zero-order chi connectivity index (χ0) is 14.0. The van der Waals surface area contributed by atoms with Crippen molar-refractivity contribution in [3.63, 3.8) is 0 Å². The molecule has 0 bridgehead atoms. The van der Waals surface area contributed by atoms with Gasteiger partial charge in [0.1, 0.15) is 5.82 Å². The number of halogens is 3. The normalized spacial score (nSPS) is 10.3. The van der Waals surface area contributed by atoms with Crippen LogP contribution in [0.4, 0.5) is 10.1 Å². The number of rotatable bonds is 2. The Morgan fingerprint density at radius 1 is 1.26 bits per heavy atom. The highest BCUT2D eigenvalue weighted by atomic mass is 127. The van der Waals surface area contributed by atoms with Gasteiger partial charge in [0.2, 0.25) is 0 Å². The van der Waals surface area contributed by atoms with E-state index in [2.05, 4.69) is 43.8 Å². The molecular weight excluding hydrogens is 424 g/mol. The minimum Gasteiger partial charge on any atom is -0.322 e. The van der Waals surface area contributed by atoms with Gasteiger partial charge in [0, 0.05) is 13.7 Å². The van der Waals surface area contributed by atoms with Crippen LogP contribution >= 0.6 is 38.5 Å². The van der Waals surface area contributed by atoms with Crippen molar-refractivity contribution in [2.45, 2.75) is 6.92 Å². The molecule has 0 spiro atoms. The fourth-order valence-electron chi connectivity index (χ4n) is 1.63. The van der Waals surface area contributed by atoms with E-state index in [9.17, 15) is 9.18 Å². The van der Waals surface area contributed by atoms with Gasteiger partial charge >= 0.3 is 0 Å². The van der Waals surface area contributed by atoms with Crippen LogP contribution in [-0.4, -0.2) is 5.91 Å². The fraction of sp³-hybridized carbons (Fsp3) is 0.0714. The molecule has 0 fully saturated rings. The van der Waals surface area contributed by atoms with Crippen molar-refractivity contribution >= 4 is 50.1 Å². The summed E-state index contributed by atoms with van der Waals surface area (Å²) < 4.78 is 15.4. The van der Waals surface area contributed by atoms with E-state index in [0.717, 1.165) is 9.13 Å². The van der Waals surface area contributed by atoms with E-state index < -0.39 is 11.7 Å². The first kappa shape index (κ1) is 14.5. The molecule has 0 aliphatic rings. The van der Waals surface area contributed by atoms with Gasteiger partial charge in [0.05, 0.1) is 5.56 Å². The molecule has 2 nitrogen and oxygen atoms in total. The van der Waals surface area contributed by atoms with E-state index >= 15 is 0 Å². The molecule has 1 N–H and O–H groups in total. The summed E-state index contributed by atoms with van der Waals surface area (Å²) in [4.78, 5) is 12.0. The van der Waals surface area contributed by atoms with Crippen LogP contribution in [0.3, 0.4) is 0 Å². The fourth-order valence-corrected chi connectivity index (χ4v) is 2.61. The Labute approximate surface area is 132 Å². The Hall–Kier alpha value is -0.950. The van der Waals surface area contributed by atoms with Crippen molar-refractivity contribution in [2.24, 2.45) is 0 Å². The summed E-state index contributed by atoms with van der Waals surface area (Å²) in [5.41, 5.74) is 1.66. The lowest BCUT2D eigenvalue weighted by Crippen LogP contribution is -2.14. The van der Waals surface area contributed by atoms with E-state index in [1.807, 2.05) is 25.1 Å². The molecule has 0 unspecified atom stereocenters. The third kappa shape index (κ3) is 3.54. The molecule has 2 aromatic rings. The third-order valence-corrected chi connectivity index (χ3v) is 3.78. The number of aryl methyl sites for hydroxylation is 1. The maximum absolute atomic E-state index is 13.7. The predicted molar refractivity (Wildman–Crippen MR) is 85.9 cm³/mol.